The third-order valence-corrected chi connectivity index (χ3v) is 3.46. The lowest BCUT2D eigenvalue weighted by molar-refractivity contribution is -0.145. The zero-order valence-electron chi connectivity index (χ0n) is 11.4. The SMILES string of the molecule is O=C(O)C[C@H]1CC[C@H](NC(=O)c2ccncc2)[C@H](CO)O1. The Labute approximate surface area is 122 Å². The lowest BCUT2D eigenvalue weighted by Crippen LogP contribution is -2.51. The topological polar surface area (TPSA) is 109 Å². The highest BCUT2D eigenvalue weighted by molar-refractivity contribution is 5.94. The molecule has 1 aliphatic heterocycles. The van der Waals surface area contributed by atoms with E-state index in [0.717, 1.165) is 0 Å². The van der Waals surface area contributed by atoms with E-state index >= 15 is 0 Å². The van der Waals surface area contributed by atoms with Crippen molar-refractivity contribution in [2.24, 2.45) is 0 Å². The number of aliphatic hydroxyl groups is 1. The van der Waals surface area contributed by atoms with Crippen molar-refractivity contribution in [3.63, 3.8) is 0 Å². The molecule has 0 bridgehead atoms. The van der Waals surface area contributed by atoms with Gasteiger partial charge in [0, 0.05) is 18.0 Å². The predicted molar refractivity (Wildman–Crippen MR) is 72.7 cm³/mol. The summed E-state index contributed by atoms with van der Waals surface area (Å²) < 4.78 is 5.54. The number of amides is 1. The van der Waals surface area contributed by atoms with Crippen molar-refractivity contribution in [2.75, 3.05) is 6.61 Å². The van der Waals surface area contributed by atoms with E-state index in [1.54, 1.807) is 12.1 Å². The highest BCUT2D eigenvalue weighted by Gasteiger charge is 2.32. The number of pyridine rings is 1. The van der Waals surface area contributed by atoms with Gasteiger partial charge in [0.05, 0.1) is 25.2 Å². The van der Waals surface area contributed by atoms with E-state index < -0.39 is 18.2 Å². The van der Waals surface area contributed by atoms with Gasteiger partial charge in [0.2, 0.25) is 0 Å². The number of aromatic nitrogens is 1. The van der Waals surface area contributed by atoms with Gasteiger partial charge in [-0.1, -0.05) is 0 Å². The molecular formula is C14H18N2O5. The van der Waals surface area contributed by atoms with E-state index in [4.69, 9.17) is 9.84 Å². The monoisotopic (exact) mass is 294 g/mol. The second kappa shape index (κ2) is 7.14. The van der Waals surface area contributed by atoms with Crippen molar-refractivity contribution in [3.8, 4) is 0 Å². The maximum absolute atomic E-state index is 12.1. The lowest BCUT2D eigenvalue weighted by Gasteiger charge is -2.35. The first kappa shape index (κ1) is 15.4. The van der Waals surface area contributed by atoms with Gasteiger partial charge < -0.3 is 20.3 Å². The number of carboxylic acid groups (broad SMARTS) is 1. The van der Waals surface area contributed by atoms with E-state index in [2.05, 4.69) is 10.3 Å². The molecule has 3 N–H and O–H groups in total. The summed E-state index contributed by atoms with van der Waals surface area (Å²) in [6.45, 7) is -0.266. The predicted octanol–water partition coefficient (Wildman–Crippen LogP) is 0.195. The highest BCUT2D eigenvalue weighted by atomic mass is 16.5. The van der Waals surface area contributed by atoms with E-state index in [1.165, 1.54) is 12.4 Å². The van der Waals surface area contributed by atoms with E-state index in [-0.39, 0.29) is 25.0 Å². The Kier molecular flexibility index (Phi) is 5.24. The third kappa shape index (κ3) is 4.24. The molecule has 0 radical (unpaired) electrons. The molecular weight excluding hydrogens is 276 g/mol. The minimum absolute atomic E-state index is 0.0957. The number of aliphatic hydroxyl groups excluding tert-OH is 1. The number of hydrogen-bond acceptors (Lipinski definition) is 5. The molecule has 1 fully saturated rings. The Hall–Kier alpha value is -1.99. The first-order valence-electron chi connectivity index (χ1n) is 6.79. The Bertz CT molecular complexity index is 493. The van der Waals surface area contributed by atoms with E-state index in [9.17, 15) is 14.7 Å². The number of carbonyl (C=O) groups is 2. The molecule has 7 nitrogen and oxygen atoms in total. The quantitative estimate of drug-likeness (QED) is 0.715. The van der Waals surface area contributed by atoms with Crippen molar-refractivity contribution in [1.29, 1.82) is 0 Å². The van der Waals surface area contributed by atoms with Gasteiger partial charge in [-0.3, -0.25) is 14.6 Å². The molecule has 0 saturated carbocycles. The van der Waals surface area contributed by atoms with Gasteiger partial charge >= 0.3 is 5.97 Å². The molecule has 2 rings (SSSR count). The van der Waals surface area contributed by atoms with Gasteiger partial charge in [-0.15, -0.1) is 0 Å². The highest BCUT2D eigenvalue weighted by Crippen LogP contribution is 2.22. The minimum Gasteiger partial charge on any atom is -0.481 e. The number of nitrogens with one attached hydrogen (secondary N) is 1. The van der Waals surface area contributed by atoms with Crippen LogP contribution in [0.5, 0.6) is 0 Å². The molecule has 1 aliphatic rings. The molecule has 1 amide bonds. The van der Waals surface area contributed by atoms with Crippen molar-refractivity contribution in [1.82, 2.24) is 10.3 Å². The second-order valence-corrected chi connectivity index (χ2v) is 4.97. The number of carbonyl (C=O) groups excluding carboxylic acids is 1. The molecule has 0 unspecified atom stereocenters. The smallest absolute Gasteiger partial charge is 0.305 e. The molecule has 0 spiro atoms. The average molecular weight is 294 g/mol. The molecule has 1 saturated heterocycles. The summed E-state index contributed by atoms with van der Waals surface area (Å²) in [5.74, 6) is -1.20. The standard InChI is InChI=1S/C14H18N2O5/c17-8-12-11(2-1-10(21-12)7-13(18)19)16-14(20)9-3-5-15-6-4-9/h3-6,10-12,17H,1-2,7-8H2,(H,16,20)(H,18,19)/t10-,11+,12+/m1/s1. The third-order valence-electron chi connectivity index (χ3n) is 3.46. The number of rotatable bonds is 5. The van der Waals surface area contributed by atoms with Crippen molar-refractivity contribution in [2.45, 2.75) is 37.5 Å². The first-order chi connectivity index (χ1) is 10.1. The fraction of sp³-hybridized carbons (Fsp3) is 0.500. The molecule has 3 atom stereocenters. The van der Waals surface area contributed by atoms with Crippen LogP contribution in [0.4, 0.5) is 0 Å². The van der Waals surface area contributed by atoms with Crippen molar-refractivity contribution >= 4 is 11.9 Å². The van der Waals surface area contributed by atoms with Gasteiger partial charge in [0.25, 0.3) is 5.91 Å². The zero-order chi connectivity index (χ0) is 15.2. The van der Waals surface area contributed by atoms with Crippen LogP contribution in [0.1, 0.15) is 29.6 Å². The van der Waals surface area contributed by atoms with Crippen LogP contribution in [0.3, 0.4) is 0 Å². The van der Waals surface area contributed by atoms with Crippen LogP contribution in [0.25, 0.3) is 0 Å². The molecule has 7 heteroatoms. The first-order valence-corrected chi connectivity index (χ1v) is 6.79. The summed E-state index contributed by atoms with van der Waals surface area (Å²) in [4.78, 5) is 26.6. The fourth-order valence-corrected chi connectivity index (χ4v) is 2.40. The molecule has 0 aromatic carbocycles. The Morgan fingerprint density at radius 2 is 2.05 bits per heavy atom. The van der Waals surface area contributed by atoms with Gasteiger partial charge in [-0.2, -0.15) is 0 Å². The second-order valence-electron chi connectivity index (χ2n) is 4.97. The number of hydrogen-bond donors (Lipinski definition) is 3. The number of aliphatic carboxylic acids is 1. The van der Waals surface area contributed by atoms with Gasteiger partial charge in [0.1, 0.15) is 6.10 Å². The van der Waals surface area contributed by atoms with Crippen LogP contribution in [0, 0.1) is 0 Å². The van der Waals surface area contributed by atoms with Crippen LogP contribution in [0.15, 0.2) is 24.5 Å². The molecule has 2 heterocycles. The van der Waals surface area contributed by atoms with Gasteiger partial charge in [-0.05, 0) is 25.0 Å². The maximum atomic E-state index is 12.1. The Balaban J connectivity index is 1.94. The van der Waals surface area contributed by atoms with Crippen LogP contribution in [0.2, 0.25) is 0 Å². The summed E-state index contributed by atoms with van der Waals surface area (Å²) in [5.41, 5.74) is 0.481. The molecule has 1 aromatic rings. The average Bonchev–Trinajstić information content (AvgIpc) is 2.49. The van der Waals surface area contributed by atoms with Crippen LogP contribution >= 0.6 is 0 Å². The van der Waals surface area contributed by atoms with Crippen LogP contribution in [-0.2, 0) is 9.53 Å². The summed E-state index contributed by atoms with van der Waals surface area (Å²) in [7, 11) is 0. The molecule has 1 aromatic heterocycles. The summed E-state index contributed by atoms with van der Waals surface area (Å²) in [6.07, 6.45) is 3.05. The molecule has 0 aliphatic carbocycles. The zero-order valence-corrected chi connectivity index (χ0v) is 11.4. The normalized spacial score (nSPS) is 25.3. The molecule has 21 heavy (non-hydrogen) atoms. The summed E-state index contributed by atoms with van der Waals surface area (Å²) >= 11 is 0. The maximum Gasteiger partial charge on any atom is 0.305 e. The summed E-state index contributed by atoms with van der Waals surface area (Å²) in [5, 5.41) is 20.9. The van der Waals surface area contributed by atoms with Gasteiger partial charge in [0.15, 0.2) is 0 Å². The number of ether oxygens (including phenoxy) is 1. The number of carboxylic acids is 1. The largest absolute Gasteiger partial charge is 0.481 e. The Morgan fingerprint density at radius 1 is 1.33 bits per heavy atom. The summed E-state index contributed by atoms with van der Waals surface area (Å²) in [6, 6.07) is 2.86. The van der Waals surface area contributed by atoms with Crippen LogP contribution < -0.4 is 5.32 Å². The fourth-order valence-electron chi connectivity index (χ4n) is 2.40. The van der Waals surface area contributed by atoms with E-state index in [1.807, 2.05) is 0 Å². The van der Waals surface area contributed by atoms with Crippen LogP contribution in [-0.4, -0.2) is 51.9 Å². The van der Waals surface area contributed by atoms with Crippen molar-refractivity contribution in [3.05, 3.63) is 30.1 Å². The lowest BCUT2D eigenvalue weighted by atomic mass is 9.97. The number of nitrogens with zero attached hydrogens (tertiary/aromatic N) is 1. The van der Waals surface area contributed by atoms with E-state index in [0.29, 0.717) is 18.4 Å². The Morgan fingerprint density at radius 3 is 2.67 bits per heavy atom. The van der Waals surface area contributed by atoms with Gasteiger partial charge in [-0.25, -0.2) is 0 Å². The molecule has 114 valence electrons. The van der Waals surface area contributed by atoms with Crippen molar-refractivity contribution < 1.29 is 24.5 Å². The minimum atomic E-state index is -0.934.